The van der Waals surface area contributed by atoms with Gasteiger partial charge in [-0.25, -0.2) is 4.79 Å². The molecule has 5 nitrogen and oxygen atoms in total. The van der Waals surface area contributed by atoms with Gasteiger partial charge in [0.1, 0.15) is 0 Å². The van der Waals surface area contributed by atoms with Crippen molar-refractivity contribution in [2.45, 2.75) is 0 Å². The summed E-state index contributed by atoms with van der Waals surface area (Å²) >= 11 is 0. The van der Waals surface area contributed by atoms with Gasteiger partial charge in [0.25, 0.3) is 0 Å². The lowest BCUT2D eigenvalue weighted by Crippen LogP contribution is -2.19. The largest absolute Gasteiger partial charge is 0.465 e. The number of nitrogens with zero attached hydrogens (tertiary/aromatic N) is 1. The number of hydrogen-bond acceptors (Lipinski definition) is 5. The van der Waals surface area contributed by atoms with Gasteiger partial charge < -0.3 is 4.74 Å². The van der Waals surface area contributed by atoms with Gasteiger partial charge in [0.2, 0.25) is 0 Å². The van der Waals surface area contributed by atoms with E-state index in [1.807, 2.05) is 0 Å². The molecule has 0 saturated carbocycles. The summed E-state index contributed by atoms with van der Waals surface area (Å²) in [7, 11) is 4.31. The summed E-state index contributed by atoms with van der Waals surface area (Å²) in [5, 5.41) is 1.22. The van der Waals surface area contributed by atoms with E-state index in [0.29, 0.717) is 11.3 Å². The smallest absolute Gasteiger partial charge is 0.337 e. The number of anilines is 1. The summed E-state index contributed by atoms with van der Waals surface area (Å²) in [5.41, 5.74) is 1.17. The molecular weight excluding hydrogens is 198 g/mol. The molecule has 1 aromatic rings. The molecule has 0 atom stereocenters. The van der Waals surface area contributed by atoms with Gasteiger partial charge in [-0.3, -0.25) is 9.68 Å². The number of methoxy groups -OCH3 is 1. The first-order valence-electron chi connectivity index (χ1n) is 4.29. The maximum atomic E-state index is 11.1. The second-order valence-corrected chi connectivity index (χ2v) is 2.66. The molecule has 0 aliphatic heterocycles. The molecule has 82 valence electrons. The third kappa shape index (κ3) is 2.68. The van der Waals surface area contributed by atoms with Crippen LogP contribution in [0, 0.1) is 0 Å². The van der Waals surface area contributed by atoms with Crippen molar-refractivity contribution in [3.05, 3.63) is 29.8 Å². The van der Waals surface area contributed by atoms with Crippen molar-refractivity contribution in [2.75, 3.05) is 26.6 Å². The second-order valence-electron chi connectivity index (χ2n) is 2.66. The van der Waals surface area contributed by atoms with E-state index in [4.69, 9.17) is 9.68 Å². The molecule has 15 heavy (non-hydrogen) atoms. The molecule has 0 aliphatic carbocycles. The van der Waals surface area contributed by atoms with Crippen molar-refractivity contribution in [1.29, 1.82) is 0 Å². The number of carbonyl (C=O) groups is 1. The quantitative estimate of drug-likeness (QED) is 0.556. The molecule has 0 N–H and O–H groups in total. The Kier molecular flexibility index (Phi) is 4.08. The highest BCUT2D eigenvalue weighted by atomic mass is 16.9. The number of benzene rings is 1. The van der Waals surface area contributed by atoms with Crippen LogP contribution in [0.2, 0.25) is 0 Å². The van der Waals surface area contributed by atoms with Crippen LogP contribution in [0.3, 0.4) is 0 Å². The standard InChI is InChI=1S/C10H13NO4/c1-13-10(12)8-4-6-9(7-5-8)11(14-2)15-3/h4-7H,1-3H3. The Bertz CT molecular complexity index is 319. The van der Waals surface area contributed by atoms with Gasteiger partial charge in [-0.15, -0.1) is 5.23 Å². The number of carbonyl (C=O) groups excluding carboxylic acids is 1. The van der Waals surface area contributed by atoms with Crippen molar-refractivity contribution >= 4 is 11.7 Å². The summed E-state index contributed by atoms with van der Waals surface area (Å²) in [6.07, 6.45) is 0. The molecule has 0 amide bonds. The first kappa shape index (κ1) is 11.5. The summed E-state index contributed by atoms with van der Waals surface area (Å²) in [6, 6.07) is 6.65. The van der Waals surface area contributed by atoms with E-state index < -0.39 is 0 Å². The number of rotatable bonds is 4. The van der Waals surface area contributed by atoms with Crippen molar-refractivity contribution in [1.82, 2.24) is 0 Å². The lowest BCUT2D eigenvalue weighted by atomic mass is 10.2. The second kappa shape index (κ2) is 5.33. The summed E-state index contributed by atoms with van der Waals surface area (Å²) in [4.78, 5) is 20.9. The minimum absolute atomic E-state index is 0.372. The van der Waals surface area contributed by atoms with Crippen molar-refractivity contribution in [2.24, 2.45) is 0 Å². The van der Waals surface area contributed by atoms with E-state index >= 15 is 0 Å². The summed E-state index contributed by atoms with van der Waals surface area (Å²) in [6.45, 7) is 0. The first-order valence-corrected chi connectivity index (χ1v) is 4.29. The molecule has 0 spiro atoms. The molecule has 0 heterocycles. The zero-order valence-electron chi connectivity index (χ0n) is 8.89. The van der Waals surface area contributed by atoms with Gasteiger partial charge in [0, 0.05) is 0 Å². The Hall–Kier alpha value is -1.59. The Morgan fingerprint density at radius 1 is 1.07 bits per heavy atom. The number of ether oxygens (including phenoxy) is 1. The highest BCUT2D eigenvalue weighted by molar-refractivity contribution is 5.89. The number of esters is 1. The highest BCUT2D eigenvalue weighted by Crippen LogP contribution is 2.15. The fourth-order valence-corrected chi connectivity index (χ4v) is 1.12. The predicted octanol–water partition coefficient (Wildman–Crippen LogP) is 1.40. The van der Waals surface area contributed by atoms with Gasteiger partial charge in [0.15, 0.2) is 0 Å². The Morgan fingerprint density at radius 3 is 2.00 bits per heavy atom. The Morgan fingerprint density at radius 2 is 1.60 bits per heavy atom. The molecule has 0 aromatic heterocycles. The van der Waals surface area contributed by atoms with E-state index in [2.05, 4.69) is 4.74 Å². The van der Waals surface area contributed by atoms with Crippen LogP contribution in [0.4, 0.5) is 5.69 Å². The van der Waals surface area contributed by atoms with Crippen LogP contribution < -0.4 is 5.23 Å². The van der Waals surface area contributed by atoms with Crippen LogP contribution in [0.15, 0.2) is 24.3 Å². The van der Waals surface area contributed by atoms with E-state index in [1.54, 1.807) is 24.3 Å². The van der Waals surface area contributed by atoms with Crippen LogP contribution in [-0.4, -0.2) is 27.3 Å². The zero-order chi connectivity index (χ0) is 11.3. The zero-order valence-corrected chi connectivity index (χ0v) is 8.89. The number of hydrogen-bond donors (Lipinski definition) is 0. The van der Waals surface area contributed by atoms with Crippen molar-refractivity contribution in [3.63, 3.8) is 0 Å². The lowest BCUT2D eigenvalue weighted by molar-refractivity contribution is -0.0433. The minimum atomic E-state index is -0.372. The predicted molar refractivity (Wildman–Crippen MR) is 54.3 cm³/mol. The van der Waals surface area contributed by atoms with E-state index in [0.717, 1.165) is 0 Å². The normalized spacial score (nSPS) is 9.80. The van der Waals surface area contributed by atoms with Crippen molar-refractivity contribution in [3.8, 4) is 0 Å². The van der Waals surface area contributed by atoms with Gasteiger partial charge >= 0.3 is 5.97 Å². The summed E-state index contributed by atoms with van der Waals surface area (Å²) < 4.78 is 4.57. The maximum absolute atomic E-state index is 11.1. The van der Waals surface area contributed by atoms with Crippen molar-refractivity contribution < 1.29 is 19.2 Å². The monoisotopic (exact) mass is 211 g/mol. The topological polar surface area (TPSA) is 48.0 Å². The van der Waals surface area contributed by atoms with Gasteiger partial charge in [-0.05, 0) is 24.3 Å². The SMILES string of the molecule is COC(=O)c1ccc(N(OC)OC)cc1. The fourth-order valence-electron chi connectivity index (χ4n) is 1.12. The van der Waals surface area contributed by atoms with E-state index in [9.17, 15) is 4.79 Å². The molecule has 5 heteroatoms. The Labute approximate surface area is 88.1 Å². The van der Waals surface area contributed by atoms with Crippen LogP contribution in [0.5, 0.6) is 0 Å². The molecule has 0 bridgehead atoms. The van der Waals surface area contributed by atoms with Crippen LogP contribution in [0.1, 0.15) is 10.4 Å². The van der Waals surface area contributed by atoms with E-state index in [-0.39, 0.29) is 5.97 Å². The average molecular weight is 211 g/mol. The minimum Gasteiger partial charge on any atom is -0.465 e. The van der Waals surface area contributed by atoms with Crippen LogP contribution >= 0.6 is 0 Å². The molecule has 1 aromatic carbocycles. The van der Waals surface area contributed by atoms with Gasteiger partial charge in [0.05, 0.1) is 32.6 Å². The van der Waals surface area contributed by atoms with Crippen LogP contribution in [0.25, 0.3) is 0 Å². The lowest BCUT2D eigenvalue weighted by Gasteiger charge is -2.17. The van der Waals surface area contributed by atoms with E-state index in [1.165, 1.54) is 26.6 Å². The molecule has 0 unspecified atom stereocenters. The van der Waals surface area contributed by atoms with Gasteiger partial charge in [-0.1, -0.05) is 0 Å². The molecule has 1 rings (SSSR count). The first-order chi connectivity index (χ1) is 7.22. The molecule has 0 fully saturated rings. The molecule has 0 saturated heterocycles. The third-order valence-electron chi connectivity index (χ3n) is 1.83. The average Bonchev–Trinajstić information content (AvgIpc) is 2.30. The third-order valence-corrected chi connectivity index (χ3v) is 1.83. The van der Waals surface area contributed by atoms with Gasteiger partial charge in [-0.2, -0.15) is 0 Å². The van der Waals surface area contributed by atoms with Crippen LogP contribution in [-0.2, 0) is 14.4 Å². The maximum Gasteiger partial charge on any atom is 0.337 e. The Balaban J connectivity index is 2.84. The summed E-state index contributed by atoms with van der Waals surface area (Å²) in [5.74, 6) is -0.372. The molecule has 0 aliphatic rings. The fraction of sp³-hybridized carbons (Fsp3) is 0.300. The highest BCUT2D eigenvalue weighted by Gasteiger charge is 2.07. The molecular formula is C10H13NO4. The molecule has 0 radical (unpaired) electrons.